The van der Waals surface area contributed by atoms with Crippen molar-refractivity contribution >= 4 is 21.6 Å². The van der Waals surface area contributed by atoms with E-state index >= 15 is 0 Å². The number of hydrogen-bond acceptors (Lipinski definition) is 5. The summed E-state index contributed by atoms with van der Waals surface area (Å²) in [6.07, 6.45) is 3.32. The van der Waals surface area contributed by atoms with Crippen LogP contribution >= 0.6 is 0 Å². The minimum absolute atomic E-state index is 0.0351. The standard InChI is InChI=1S/C22H24N2O5S/c25-22-9-5-15-13-17(6-7-18(15)23-22)30(26,27)24-10-1-3-19(24)16-4-8-20-21(14-16)29-12-2-11-28-20/h4,6-8,13-14,19H,1-3,5,9-12H2,(H,23,25). The number of ether oxygens (including phenoxy) is 2. The highest BCUT2D eigenvalue weighted by molar-refractivity contribution is 7.89. The molecule has 1 unspecified atom stereocenters. The summed E-state index contributed by atoms with van der Waals surface area (Å²) in [6.45, 7) is 1.69. The minimum Gasteiger partial charge on any atom is -0.490 e. The van der Waals surface area contributed by atoms with Crippen LogP contribution < -0.4 is 14.8 Å². The molecule has 0 spiro atoms. The van der Waals surface area contributed by atoms with E-state index in [1.807, 2.05) is 18.2 Å². The second kappa shape index (κ2) is 7.59. The van der Waals surface area contributed by atoms with Gasteiger partial charge in [0.2, 0.25) is 15.9 Å². The van der Waals surface area contributed by atoms with E-state index in [4.69, 9.17) is 9.47 Å². The average molecular weight is 429 g/mol. The van der Waals surface area contributed by atoms with Gasteiger partial charge in [0.1, 0.15) is 0 Å². The van der Waals surface area contributed by atoms with Gasteiger partial charge >= 0.3 is 0 Å². The van der Waals surface area contributed by atoms with Crippen LogP contribution in [0.15, 0.2) is 41.3 Å². The Balaban J connectivity index is 1.46. The predicted molar refractivity (Wildman–Crippen MR) is 111 cm³/mol. The van der Waals surface area contributed by atoms with Gasteiger partial charge in [0.15, 0.2) is 11.5 Å². The molecule has 3 aliphatic rings. The number of rotatable bonds is 3. The van der Waals surface area contributed by atoms with E-state index in [-0.39, 0.29) is 16.8 Å². The van der Waals surface area contributed by atoms with Gasteiger partial charge in [-0.3, -0.25) is 4.79 Å². The molecule has 2 aromatic carbocycles. The highest BCUT2D eigenvalue weighted by atomic mass is 32.2. The Kier molecular flexibility index (Phi) is 4.91. The maximum atomic E-state index is 13.5. The third kappa shape index (κ3) is 3.44. The maximum Gasteiger partial charge on any atom is 0.243 e. The molecule has 1 N–H and O–H groups in total. The Labute approximate surface area is 176 Å². The van der Waals surface area contributed by atoms with Crippen molar-refractivity contribution in [2.45, 2.75) is 43.0 Å². The number of benzene rings is 2. The van der Waals surface area contributed by atoms with Crippen LogP contribution in [0, 0.1) is 0 Å². The average Bonchev–Trinajstić information content (AvgIpc) is 3.13. The van der Waals surface area contributed by atoms with Crippen LogP contribution in [0.4, 0.5) is 5.69 Å². The van der Waals surface area contributed by atoms with Crippen LogP contribution in [0.2, 0.25) is 0 Å². The van der Waals surface area contributed by atoms with Crippen molar-refractivity contribution in [3.8, 4) is 11.5 Å². The van der Waals surface area contributed by atoms with Gasteiger partial charge in [-0.05, 0) is 60.7 Å². The molecule has 8 heteroatoms. The Morgan fingerprint density at radius 3 is 2.67 bits per heavy atom. The van der Waals surface area contributed by atoms with Crippen molar-refractivity contribution in [3.63, 3.8) is 0 Å². The fraction of sp³-hybridized carbons (Fsp3) is 0.409. The number of nitrogens with zero attached hydrogens (tertiary/aromatic N) is 1. The van der Waals surface area contributed by atoms with Crippen molar-refractivity contribution in [2.24, 2.45) is 0 Å². The molecular weight excluding hydrogens is 404 g/mol. The second-order valence-corrected chi connectivity index (χ2v) is 9.79. The fourth-order valence-corrected chi connectivity index (χ4v) is 6.14. The van der Waals surface area contributed by atoms with Crippen LogP contribution in [-0.4, -0.2) is 38.4 Å². The highest BCUT2D eigenvalue weighted by Crippen LogP contribution is 2.41. The first-order valence-corrected chi connectivity index (χ1v) is 11.8. The van der Waals surface area contributed by atoms with E-state index in [1.54, 1.807) is 22.5 Å². The SMILES string of the molecule is O=C1CCc2cc(S(=O)(=O)N3CCCC3c3ccc4c(c3)OCCCO4)ccc2N1. The number of amides is 1. The molecule has 1 atom stereocenters. The second-order valence-electron chi connectivity index (χ2n) is 7.90. The van der Waals surface area contributed by atoms with Crippen molar-refractivity contribution < 1.29 is 22.7 Å². The van der Waals surface area contributed by atoms with E-state index in [1.165, 1.54) is 0 Å². The number of carbonyl (C=O) groups excluding carboxylic acids is 1. The van der Waals surface area contributed by atoms with Crippen molar-refractivity contribution in [1.82, 2.24) is 4.31 Å². The molecular formula is C22H24N2O5S. The van der Waals surface area contributed by atoms with Crippen LogP contribution in [-0.2, 0) is 21.2 Å². The third-order valence-corrected chi connectivity index (χ3v) is 7.84. The number of hydrogen-bond donors (Lipinski definition) is 1. The van der Waals surface area contributed by atoms with E-state index in [2.05, 4.69) is 5.32 Å². The predicted octanol–water partition coefficient (Wildman–Crippen LogP) is 3.26. The maximum absolute atomic E-state index is 13.5. The topological polar surface area (TPSA) is 84.9 Å². The molecule has 0 radical (unpaired) electrons. The zero-order valence-electron chi connectivity index (χ0n) is 16.6. The quantitative estimate of drug-likeness (QED) is 0.811. The third-order valence-electron chi connectivity index (χ3n) is 5.94. The van der Waals surface area contributed by atoms with Crippen molar-refractivity contribution in [1.29, 1.82) is 0 Å². The summed E-state index contributed by atoms with van der Waals surface area (Å²) in [4.78, 5) is 11.9. The Bertz CT molecular complexity index is 1100. The molecule has 7 nitrogen and oxygen atoms in total. The number of sulfonamides is 1. The monoisotopic (exact) mass is 428 g/mol. The molecule has 5 rings (SSSR count). The summed E-state index contributed by atoms with van der Waals surface area (Å²) in [5, 5.41) is 2.80. The van der Waals surface area contributed by atoms with Gasteiger partial charge in [0, 0.05) is 25.1 Å². The van der Waals surface area contributed by atoms with E-state index in [9.17, 15) is 13.2 Å². The summed E-state index contributed by atoms with van der Waals surface area (Å²) in [6, 6.07) is 10.5. The smallest absolute Gasteiger partial charge is 0.243 e. The summed E-state index contributed by atoms with van der Waals surface area (Å²) in [5.74, 6) is 1.35. The number of aryl methyl sites for hydroxylation is 1. The van der Waals surface area contributed by atoms with Crippen LogP contribution in [0.3, 0.4) is 0 Å². The molecule has 0 aromatic heterocycles. The zero-order chi connectivity index (χ0) is 20.7. The van der Waals surface area contributed by atoms with Gasteiger partial charge in [-0.25, -0.2) is 8.42 Å². The number of carbonyl (C=O) groups is 1. The molecule has 3 aliphatic heterocycles. The minimum atomic E-state index is -3.66. The van der Waals surface area contributed by atoms with E-state index in [0.717, 1.165) is 30.4 Å². The van der Waals surface area contributed by atoms with E-state index < -0.39 is 10.0 Å². The first-order valence-electron chi connectivity index (χ1n) is 10.4. The fourth-order valence-electron chi connectivity index (χ4n) is 4.40. The highest BCUT2D eigenvalue weighted by Gasteiger charge is 2.37. The van der Waals surface area contributed by atoms with Gasteiger partial charge in [0.25, 0.3) is 0 Å². The van der Waals surface area contributed by atoms with Gasteiger partial charge in [-0.15, -0.1) is 0 Å². The molecule has 1 amide bonds. The summed E-state index contributed by atoms with van der Waals surface area (Å²) >= 11 is 0. The van der Waals surface area contributed by atoms with Crippen LogP contribution in [0.1, 0.15) is 42.9 Å². The van der Waals surface area contributed by atoms with Crippen molar-refractivity contribution in [3.05, 3.63) is 47.5 Å². The molecule has 2 aromatic rings. The number of anilines is 1. The molecule has 158 valence electrons. The molecule has 0 saturated carbocycles. The molecule has 30 heavy (non-hydrogen) atoms. The zero-order valence-corrected chi connectivity index (χ0v) is 17.4. The van der Waals surface area contributed by atoms with E-state index in [0.29, 0.717) is 49.8 Å². The van der Waals surface area contributed by atoms with Crippen molar-refractivity contribution in [2.75, 3.05) is 25.1 Å². The van der Waals surface area contributed by atoms with Crippen LogP contribution in [0.25, 0.3) is 0 Å². The molecule has 1 fully saturated rings. The lowest BCUT2D eigenvalue weighted by atomic mass is 10.0. The largest absolute Gasteiger partial charge is 0.490 e. The van der Waals surface area contributed by atoms with Gasteiger partial charge < -0.3 is 14.8 Å². The number of fused-ring (bicyclic) bond motifs is 2. The molecule has 0 aliphatic carbocycles. The Hall–Kier alpha value is -2.58. The number of nitrogens with one attached hydrogen (secondary N) is 1. The lowest BCUT2D eigenvalue weighted by molar-refractivity contribution is -0.116. The van der Waals surface area contributed by atoms with Gasteiger partial charge in [-0.1, -0.05) is 6.07 Å². The summed E-state index contributed by atoms with van der Waals surface area (Å²) in [7, 11) is -3.66. The molecule has 0 bridgehead atoms. The lowest BCUT2D eigenvalue weighted by Gasteiger charge is -2.26. The first-order chi connectivity index (χ1) is 14.5. The summed E-state index contributed by atoms with van der Waals surface area (Å²) in [5.41, 5.74) is 2.48. The van der Waals surface area contributed by atoms with Gasteiger partial charge in [-0.2, -0.15) is 4.31 Å². The molecule has 3 heterocycles. The normalized spacial score (nSPS) is 21.6. The van der Waals surface area contributed by atoms with Crippen LogP contribution in [0.5, 0.6) is 11.5 Å². The Morgan fingerprint density at radius 2 is 1.80 bits per heavy atom. The lowest BCUT2D eigenvalue weighted by Crippen LogP contribution is -2.31. The van der Waals surface area contributed by atoms with Gasteiger partial charge in [0.05, 0.1) is 24.2 Å². The Morgan fingerprint density at radius 1 is 0.967 bits per heavy atom. The summed E-state index contributed by atoms with van der Waals surface area (Å²) < 4.78 is 40.1. The first kappa shape index (κ1) is 19.4. The molecule has 1 saturated heterocycles.